The Labute approximate surface area is 307 Å². The number of nitrogens with one attached hydrogen (secondary N) is 1. The number of benzene rings is 2. The zero-order chi connectivity index (χ0) is 36.3. The molecule has 2 fully saturated rings. The highest BCUT2D eigenvalue weighted by Crippen LogP contribution is 2.60. The van der Waals surface area contributed by atoms with Gasteiger partial charge in [0.1, 0.15) is 29.8 Å². The van der Waals surface area contributed by atoms with Gasteiger partial charge in [-0.05, 0) is 37.0 Å². The Morgan fingerprint density at radius 2 is 1.73 bits per heavy atom. The maximum absolute atomic E-state index is 15.1. The quantitative estimate of drug-likeness (QED) is 0.284. The lowest BCUT2D eigenvalue weighted by molar-refractivity contribution is -0.163. The number of esters is 1. The van der Waals surface area contributed by atoms with Crippen LogP contribution in [0.5, 0.6) is 0 Å². The maximum atomic E-state index is 15.1. The Balaban J connectivity index is 1.51. The molecule has 51 heavy (non-hydrogen) atoms. The van der Waals surface area contributed by atoms with Crippen molar-refractivity contribution in [3.8, 4) is 0 Å². The minimum absolute atomic E-state index is 0.0544. The Morgan fingerprint density at radius 3 is 2.39 bits per heavy atom. The summed E-state index contributed by atoms with van der Waals surface area (Å²) in [6.07, 6.45) is 5.78. The van der Waals surface area contributed by atoms with E-state index in [9.17, 15) is 19.5 Å². The number of fused-ring (bicyclic) bond motifs is 2. The average molecular weight is 765 g/mol. The molecule has 6 rings (SSSR count). The van der Waals surface area contributed by atoms with E-state index in [-0.39, 0.29) is 37.4 Å². The molecule has 11 nitrogen and oxygen atoms in total. The number of carbonyl (C=O) groups excluding carboxylic acids is 4. The first-order valence-corrected chi connectivity index (χ1v) is 18.5. The standard InChI is InChI=1S/C39H46BrN3O8/c1-4-14-24(2)42-20-13-7-12-19-30(45)41-28(23-49-3)33(26-17-10-6-11-18-26)50-38(48)31-32-36(46)43(29(22-44)25-15-8-5-9-16-25)35(37(42)47)39(32)21-27(40)34(31)51-39/h5-11,13,15-18,21,24,28-29,31-35,44H,4,12,14,19-20,22-23H2,1-3H3,(H,41,45)/b13-7-/t24?,28-,29-,31+,32-,33-,34+,35+,39-/m1/s1. The Kier molecular flexibility index (Phi) is 11.5. The second-order valence-corrected chi connectivity index (χ2v) is 14.6. The summed E-state index contributed by atoms with van der Waals surface area (Å²) in [7, 11) is 1.51. The topological polar surface area (TPSA) is 135 Å². The fraction of sp³-hybridized carbons (Fsp3) is 0.487. The van der Waals surface area contributed by atoms with Crippen molar-refractivity contribution >= 4 is 39.6 Å². The van der Waals surface area contributed by atoms with Crippen LogP contribution in [0.2, 0.25) is 0 Å². The Morgan fingerprint density at radius 1 is 1.02 bits per heavy atom. The van der Waals surface area contributed by atoms with E-state index in [1.807, 2.05) is 86.7 Å². The van der Waals surface area contributed by atoms with Gasteiger partial charge in [0.05, 0.1) is 31.2 Å². The number of hydrogen-bond acceptors (Lipinski definition) is 8. The molecule has 4 aliphatic heterocycles. The number of aliphatic hydroxyl groups is 1. The van der Waals surface area contributed by atoms with Crippen molar-refractivity contribution in [1.29, 1.82) is 0 Å². The lowest BCUT2D eigenvalue weighted by Gasteiger charge is -2.40. The summed E-state index contributed by atoms with van der Waals surface area (Å²) in [5, 5.41) is 13.9. The van der Waals surface area contributed by atoms with Crippen LogP contribution in [0, 0.1) is 11.8 Å². The van der Waals surface area contributed by atoms with E-state index >= 15 is 4.79 Å². The molecule has 0 aliphatic carbocycles. The average Bonchev–Trinajstić information content (AvgIpc) is 3.72. The molecule has 2 N–H and O–H groups in total. The van der Waals surface area contributed by atoms with E-state index in [4.69, 9.17) is 14.2 Å². The van der Waals surface area contributed by atoms with Gasteiger partial charge in [0.2, 0.25) is 17.7 Å². The van der Waals surface area contributed by atoms with Crippen LogP contribution in [0.3, 0.4) is 0 Å². The monoisotopic (exact) mass is 763 g/mol. The first-order valence-electron chi connectivity index (χ1n) is 17.7. The van der Waals surface area contributed by atoms with Crippen molar-refractivity contribution in [2.24, 2.45) is 11.8 Å². The lowest BCUT2D eigenvalue weighted by Crippen LogP contribution is -2.58. The van der Waals surface area contributed by atoms with Gasteiger partial charge in [0.15, 0.2) is 0 Å². The molecule has 1 spiro atoms. The predicted molar refractivity (Wildman–Crippen MR) is 192 cm³/mol. The highest BCUT2D eigenvalue weighted by Gasteiger charge is 2.75. The van der Waals surface area contributed by atoms with Gasteiger partial charge < -0.3 is 34.4 Å². The highest BCUT2D eigenvalue weighted by molar-refractivity contribution is 9.11. The van der Waals surface area contributed by atoms with Gasteiger partial charge >= 0.3 is 5.97 Å². The van der Waals surface area contributed by atoms with Crippen LogP contribution in [0.15, 0.2) is 83.4 Å². The number of nitrogens with zero attached hydrogens (tertiary/aromatic N) is 2. The normalized spacial score (nSPS) is 31.5. The first kappa shape index (κ1) is 36.9. The summed E-state index contributed by atoms with van der Waals surface area (Å²) >= 11 is 3.63. The van der Waals surface area contributed by atoms with Gasteiger partial charge in [0, 0.05) is 30.6 Å². The fourth-order valence-corrected chi connectivity index (χ4v) is 8.94. The van der Waals surface area contributed by atoms with Crippen LogP contribution < -0.4 is 5.32 Å². The van der Waals surface area contributed by atoms with Gasteiger partial charge in [-0.1, -0.05) is 102 Å². The fourth-order valence-electron chi connectivity index (χ4n) is 8.20. The van der Waals surface area contributed by atoms with E-state index < -0.39 is 66.3 Å². The molecule has 12 heteroatoms. The van der Waals surface area contributed by atoms with Crippen molar-refractivity contribution in [1.82, 2.24) is 15.1 Å². The van der Waals surface area contributed by atoms with E-state index in [1.54, 1.807) is 11.0 Å². The molecule has 2 aromatic rings. The largest absolute Gasteiger partial charge is 0.455 e. The third-order valence-corrected chi connectivity index (χ3v) is 11.2. The van der Waals surface area contributed by atoms with E-state index in [0.29, 0.717) is 28.5 Å². The second kappa shape index (κ2) is 15.8. The predicted octanol–water partition coefficient (Wildman–Crippen LogP) is 4.38. The minimum Gasteiger partial charge on any atom is -0.455 e. The molecular weight excluding hydrogens is 718 g/mol. The van der Waals surface area contributed by atoms with Crippen LogP contribution >= 0.6 is 15.9 Å². The molecule has 4 heterocycles. The summed E-state index contributed by atoms with van der Waals surface area (Å²) in [5.74, 6) is -4.02. The van der Waals surface area contributed by atoms with Crippen LogP contribution in [0.25, 0.3) is 0 Å². The molecule has 0 aromatic heterocycles. The number of ether oxygens (including phenoxy) is 3. The molecule has 9 atom stereocenters. The van der Waals surface area contributed by atoms with Crippen molar-refractivity contribution in [2.75, 3.05) is 26.9 Å². The Bertz CT molecular complexity index is 1650. The number of cyclic esters (lactones) is 1. The van der Waals surface area contributed by atoms with Crippen LogP contribution in [0.4, 0.5) is 0 Å². The SMILES string of the molecule is CCCC(C)N1C/C=C\CCC(=O)N[C@H](COC)[C@@H](c2ccccc2)OC(=O)[C@@H]2[C@H]3O[C@@]4(C=C3Br)[C@H](C1=O)N([C@H](CO)c1ccccc1)C(=O)[C@@H]24. The number of hydrogen-bond donors (Lipinski definition) is 2. The molecule has 0 radical (unpaired) electrons. The molecule has 5 bridgehead atoms. The van der Waals surface area contributed by atoms with Crippen LogP contribution in [-0.4, -0.2) is 95.3 Å². The van der Waals surface area contributed by atoms with Crippen molar-refractivity contribution in [3.63, 3.8) is 0 Å². The first-order chi connectivity index (χ1) is 24.7. The molecule has 1 unspecified atom stereocenters. The molecule has 2 aromatic carbocycles. The summed E-state index contributed by atoms with van der Waals surface area (Å²) in [4.78, 5) is 61.2. The molecular formula is C39H46BrN3O8. The van der Waals surface area contributed by atoms with Gasteiger partial charge in [-0.2, -0.15) is 0 Å². The molecule has 2 saturated heterocycles. The number of halogens is 1. The number of methoxy groups -OCH3 is 1. The molecule has 4 aliphatic rings. The number of aliphatic hydroxyl groups excluding tert-OH is 1. The number of likely N-dealkylation sites (tertiary alicyclic amines) is 1. The highest BCUT2D eigenvalue weighted by atomic mass is 79.9. The van der Waals surface area contributed by atoms with Gasteiger partial charge in [-0.3, -0.25) is 19.2 Å². The number of allylic oxidation sites excluding steroid dienone is 1. The van der Waals surface area contributed by atoms with Crippen molar-refractivity contribution < 1.29 is 38.5 Å². The second-order valence-electron chi connectivity index (χ2n) is 13.7. The van der Waals surface area contributed by atoms with E-state index in [2.05, 4.69) is 21.2 Å². The minimum atomic E-state index is -1.52. The molecule has 0 saturated carbocycles. The molecule has 272 valence electrons. The van der Waals surface area contributed by atoms with Crippen molar-refractivity contribution in [2.45, 2.75) is 81.5 Å². The van der Waals surface area contributed by atoms with Gasteiger partial charge in [-0.15, -0.1) is 0 Å². The van der Waals surface area contributed by atoms with Crippen molar-refractivity contribution in [3.05, 3.63) is 94.5 Å². The summed E-state index contributed by atoms with van der Waals surface area (Å²) in [5.41, 5.74) is -0.234. The number of rotatable bonds is 9. The lowest BCUT2D eigenvalue weighted by atomic mass is 9.74. The van der Waals surface area contributed by atoms with Gasteiger partial charge in [-0.25, -0.2) is 0 Å². The van der Waals surface area contributed by atoms with E-state index in [0.717, 1.165) is 6.42 Å². The third-order valence-electron chi connectivity index (χ3n) is 10.5. The summed E-state index contributed by atoms with van der Waals surface area (Å²) in [6, 6.07) is 15.1. The third kappa shape index (κ3) is 6.91. The maximum Gasteiger partial charge on any atom is 0.313 e. The smallest absolute Gasteiger partial charge is 0.313 e. The van der Waals surface area contributed by atoms with Gasteiger partial charge in [0.25, 0.3) is 0 Å². The zero-order valence-electron chi connectivity index (χ0n) is 29.2. The summed E-state index contributed by atoms with van der Waals surface area (Å²) in [6.45, 7) is 3.85. The number of amides is 3. The Hall–Kier alpha value is -3.84. The van der Waals surface area contributed by atoms with Crippen LogP contribution in [0.1, 0.15) is 62.8 Å². The van der Waals surface area contributed by atoms with E-state index in [1.165, 1.54) is 12.0 Å². The zero-order valence-corrected chi connectivity index (χ0v) is 30.7. The van der Waals surface area contributed by atoms with Crippen LogP contribution in [-0.2, 0) is 33.4 Å². The number of carbonyl (C=O) groups is 4. The molecule has 3 amide bonds. The summed E-state index contributed by atoms with van der Waals surface area (Å²) < 4.78 is 19.1.